The first kappa shape index (κ1) is 10.6. The highest BCUT2D eigenvalue weighted by molar-refractivity contribution is 5.93. The van der Waals surface area contributed by atoms with E-state index in [2.05, 4.69) is 15.4 Å². The van der Waals surface area contributed by atoms with Gasteiger partial charge in [0.2, 0.25) is 5.91 Å². The molecule has 0 bridgehead atoms. The van der Waals surface area contributed by atoms with Crippen molar-refractivity contribution in [3.05, 3.63) is 24.2 Å². The minimum atomic E-state index is -0.0193. The van der Waals surface area contributed by atoms with Gasteiger partial charge in [0, 0.05) is 19.0 Å². The second-order valence-electron chi connectivity index (χ2n) is 3.47. The standard InChI is InChI=1S/C11H14N4O/c1-3-9-13-11-8(12-10(16)4-2)6-5-7-15(11)14-9/h5-7H,3-4H2,1-2H3,(H,12,16). The smallest absolute Gasteiger partial charge is 0.224 e. The van der Waals surface area contributed by atoms with Gasteiger partial charge < -0.3 is 5.32 Å². The van der Waals surface area contributed by atoms with Gasteiger partial charge in [-0.1, -0.05) is 13.8 Å². The maximum atomic E-state index is 11.3. The fraction of sp³-hybridized carbons (Fsp3) is 0.364. The lowest BCUT2D eigenvalue weighted by Crippen LogP contribution is -2.10. The number of hydrogen-bond donors (Lipinski definition) is 1. The molecule has 16 heavy (non-hydrogen) atoms. The highest BCUT2D eigenvalue weighted by atomic mass is 16.1. The van der Waals surface area contributed by atoms with Gasteiger partial charge in [0.15, 0.2) is 11.5 Å². The number of carbonyl (C=O) groups excluding carboxylic acids is 1. The van der Waals surface area contributed by atoms with E-state index in [9.17, 15) is 4.79 Å². The number of amides is 1. The SMILES string of the molecule is CCC(=O)Nc1cccn2nc(CC)nc12. The van der Waals surface area contributed by atoms with E-state index in [1.807, 2.05) is 32.2 Å². The van der Waals surface area contributed by atoms with Gasteiger partial charge in [-0.15, -0.1) is 0 Å². The Morgan fingerprint density at radius 2 is 2.31 bits per heavy atom. The summed E-state index contributed by atoms with van der Waals surface area (Å²) < 4.78 is 1.68. The van der Waals surface area contributed by atoms with Gasteiger partial charge in [-0.2, -0.15) is 5.10 Å². The van der Waals surface area contributed by atoms with Gasteiger partial charge in [-0.25, -0.2) is 9.50 Å². The quantitative estimate of drug-likeness (QED) is 0.852. The largest absolute Gasteiger partial charge is 0.323 e. The number of hydrogen-bond acceptors (Lipinski definition) is 3. The van der Waals surface area contributed by atoms with Gasteiger partial charge >= 0.3 is 0 Å². The van der Waals surface area contributed by atoms with Crippen LogP contribution in [0.5, 0.6) is 0 Å². The third-order valence-corrected chi connectivity index (χ3v) is 2.32. The molecule has 0 aliphatic rings. The number of anilines is 1. The molecule has 1 N–H and O–H groups in total. The van der Waals surface area contributed by atoms with E-state index in [1.165, 1.54) is 0 Å². The summed E-state index contributed by atoms with van der Waals surface area (Å²) in [5.74, 6) is 0.757. The zero-order valence-electron chi connectivity index (χ0n) is 9.40. The molecule has 84 valence electrons. The summed E-state index contributed by atoms with van der Waals surface area (Å²) >= 11 is 0. The summed E-state index contributed by atoms with van der Waals surface area (Å²) in [6.07, 6.45) is 3.06. The van der Waals surface area contributed by atoms with Crippen LogP contribution in [-0.4, -0.2) is 20.5 Å². The molecule has 0 aliphatic carbocycles. The molecule has 0 aliphatic heterocycles. The molecule has 0 saturated heterocycles. The summed E-state index contributed by atoms with van der Waals surface area (Å²) in [5, 5.41) is 7.09. The molecule has 2 aromatic rings. The summed E-state index contributed by atoms with van der Waals surface area (Å²) in [6, 6.07) is 3.67. The van der Waals surface area contributed by atoms with E-state index in [1.54, 1.807) is 4.52 Å². The van der Waals surface area contributed by atoms with Gasteiger partial charge in [0.25, 0.3) is 0 Å². The Morgan fingerprint density at radius 3 is 3.00 bits per heavy atom. The Morgan fingerprint density at radius 1 is 1.50 bits per heavy atom. The Bertz CT molecular complexity index is 518. The van der Waals surface area contributed by atoms with Gasteiger partial charge in [-0.05, 0) is 12.1 Å². The van der Waals surface area contributed by atoms with Crippen LogP contribution in [0.25, 0.3) is 5.65 Å². The Balaban J connectivity index is 2.44. The molecule has 0 radical (unpaired) electrons. The molecule has 2 rings (SSSR count). The van der Waals surface area contributed by atoms with Crippen LogP contribution < -0.4 is 5.32 Å². The van der Waals surface area contributed by atoms with Crippen molar-refractivity contribution in [2.45, 2.75) is 26.7 Å². The molecular weight excluding hydrogens is 204 g/mol. The number of aryl methyl sites for hydroxylation is 1. The third-order valence-electron chi connectivity index (χ3n) is 2.32. The first-order valence-corrected chi connectivity index (χ1v) is 5.38. The van der Waals surface area contributed by atoms with Gasteiger partial charge in [0.05, 0.1) is 5.69 Å². The molecular formula is C11H14N4O. The maximum Gasteiger partial charge on any atom is 0.224 e. The van der Waals surface area contributed by atoms with Crippen molar-refractivity contribution in [3.63, 3.8) is 0 Å². The van der Waals surface area contributed by atoms with E-state index < -0.39 is 0 Å². The summed E-state index contributed by atoms with van der Waals surface area (Å²) in [7, 11) is 0. The molecule has 2 aromatic heterocycles. The fourth-order valence-corrected chi connectivity index (χ4v) is 1.44. The van der Waals surface area contributed by atoms with E-state index >= 15 is 0 Å². The summed E-state index contributed by atoms with van der Waals surface area (Å²) in [6.45, 7) is 3.82. The second kappa shape index (κ2) is 4.30. The minimum Gasteiger partial charge on any atom is -0.323 e. The monoisotopic (exact) mass is 218 g/mol. The van der Waals surface area contributed by atoms with Crippen molar-refractivity contribution < 1.29 is 4.79 Å². The molecule has 1 amide bonds. The highest BCUT2D eigenvalue weighted by Crippen LogP contribution is 2.14. The van der Waals surface area contributed by atoms with Crippen LogP contribution in [0.4, 0.5) is 5.69 Å². The zero-order chi connectivity index (χ0) is 11.5. The van der Waals surface area contributed by atoms with Crippen molar-refractivity contribution in [2.24, 2.45) is 0 Å². The van der Waals surface area contributed by atoms with Crippen LogP contribution in [0.3, 0.4) is 0 Å². The zero-order valence-corrected chi connectivity index (χ0v) is 9.40. The van der Waals surface area contributed by atoms with E-state index in [4.69, 9.17) is 0 Å². The minimum absolute atomic E-state index is 0.0193. The van der Waals surface area contributed by atoms with Crippen molar-refractivity contribution in [1.82, 2.24) is 14.6 Å². The average Bonchev–Trinajstić information content (AvgIpc) is 2.73. The third kappa shape index (κ3) is 1.88. The van der Waals surface area contributed by atoms with Crippen LogP contribution in [0.15, 0.2) is 18.3 Å². The predicted octanol–water partition coefficient (Wildman–Crippen LogP) is 1.64. The van der Waals surface area contributed by atoms with Crippen LogP contribution in [0.2, 0.25) is 0 Å². The normalized spacial score (nSPS) is 10.6. The molecule has 5 heteroatoms. The molecule has 0 spiro atoms. The lowest BCUT2D eigenvalue weighted by Gasteiger charge is -2.03. The van der Waals surface area contributed by atoms with Gasteiger partial charge in [0.1, 0.15) is 0 Å². The number of nitrogens with zero attached hydrogens (tertiary/aromatic N) is 3. The molecule has 2 heterocycles. The number of nitrogens with one attached hydrogen (secondary N) is 1. The molecule has 0 unspecified atom stereocenters. The second-order valence-corrected chi connectivity index (χ2v) is 3.47. The Labute approximate surface area is 93.5 Å². The fourth-order valence-electron chi connectivity index (χ4n) is 1.44. The lowest BCUT2D eigenvalue weighted by molar-refractivity contribution is -0.115. The van der Waals surface area contributed by atoms with Crippen LogP contribution in [0, 0.1) is 0 Å². The van der Waals surface area contributed by atoms with Crippen LogP contribution in [-0.2, 0) is 11.2 Å². The van der Waals surface area contributed by atoms with Crippen molar-refractivity contribution in [3.8, 4) is 0 Å². The van der Waals surface area contributed by atoms with Crippen molar-refractivity contribution in [2.75, 3.05) is 5.32 Å². The lowest BCUT2D eigenvalue weighted by atomic mass is 10.3. The van der Waals surface area contributed by atoms with E-state index in [-0.39, 0.29) is 5.91 Å². The molecule has 0 saturated carbocycles. The van der Waals surface area contributed by atoms with Crippen LogP contribution >= 0.6 is 0 Å². The Kier molecular flexibility index (Phi) is 2.85. The number of aromatic nitrogens is 3. The first-order valence-electron chi connectivity index (χ1n) is 5.38. The first-order chi connectivity index (χ1) is 7.74. The predicted molar refractivity (Wildman–Crippen MR) is 61.3 cm³/mol. The van der Waals surface area contributed by atoms with Gasteiger partial charge in [-0.3, -0.25) is 4.79 Å². The maximum absolute atomic E-state index is 11.3. The molecule has 0 atom stereocenters. The summed E-state index contributed by atoms with van der Waals surface area (Å²) in [4.78, 5) is 15.7. The number of rotatable bonds is 3. The summed E-state index contributed by atoms with van der Waals surface area (Å²) in [5.41, 5.74) is 1.41. The molecule has 0 fully saturated rings. The Hall–Kier alpha value is -1.91. The van der Waals surface area contributed by atoms with Crippen LogP contribution in [0.1, 0.15) is 26.1 Å². The average molecular weight is 218 g/mol. The number of pyridine rings is 1. The number of fused-ring (bicyclic) bond motifs is 1. The molecule has 0 aromatic carbocycles. The van der Waals surface area contributed by atoms with E-state index in [0.29, 0.717) is 17.8 Å². The topological polar surface area (TPSA) is 59.3 Å². The molecule has 5 nitrogen and oxygen atoms in total. The van der Waals surface area contributed by atoms with Crippen molar-refractivity contribution in [1.29, 1.82) is 0 Å². The van der Waals surface area contributed by atoms with Crippen molar-refractivity contribution >= 4 is 17.2 Å². The number of carbonyl (C=O) groups is 1. The highest BCUT2D eigenvalue weighted by Gasteiger charge is 2.08. The van der Waals surface area contributed by atoms with E-state index in [0.717, 1.165) is 12.2 Å².